The van der Waals surface area contributed by atoms with Gasteiger partial charge in [-0.05, 0) is 114 Å². The second-order valence-corrected chi connectivity index (χ2v) is 9.92. The van der Waals surface area contributed by atoms with E-state index in [-0.39, 0.29) is 0 Å². The molecule has 0 saturated heterocycles. The lowest BCUT2D eigenvalue weighted by molar-refractivity contribution is 0.965. The number of nitrogens with zero attached hydrogens (tertiary/aromatic N) is 1. The first-order valence-electron chi connectivity index (χ1n) is 13.1. The Morgan fingerprint density at radius 2 is 1.14 bits per heavy atom. The highest BCUT2D eigenvalue weighted by molar-refractivity contribution is 5.94. The minimum Gasteiger partial charge on any atom is -0.310 e. The fourth-order valence-corrected chi connectivity index (χ4v) is 5.48. The summed E-state index contributed by atoms with van der Waals surface area (Å²) < 4.78 is 0. The van der Waals surface area contributed by atoms with E-state index < -0.39 is 0 Å². The van der Waals surface area contributed by atoms with E-state index in [0.29, 0.717) is 0 Å². The molecule has 0 radical (unpaired) electrons. The summed E-state index contributed by atoms with van der Waals surface area (Å²) in [6, 6.07) is 44.0. The summed E-state index contributed by atoms with van der Waals surface area (Å²) in [4.78, 5) is 2.34. The monoisotopic (exact) mass is 477 g/mol. The average molecular weight is 478 g/mol. The number of para-hydroxylation sites is 1. The van der Waals surface area contributed by atoms with Gasteiger partial charge in [-0.3, -0.25) is 0 Å². The van der Waals surface area contributed by atoms with Crippen LogP contribution in [0.5, 0.6) is 0 Å². The standard InChI is InChI=1S/C36H31N/c1-26-11-10-16-32(23-26)37(31-14-4-3-5-15-31)33-22-21-30(27(2)24-33)25-36-34-17-8-6-12-28(34)19-20-29-13-7-9-18-35(29)36/h3-18,21-25H,19-20H2,1-2H3. The predicted octanol–water partition coefficient (Wildman–Crippen LogP) is 9.46. The Balaban J connectivity index is 1.47. The summed E-state index contributed by atoms with van der Waals surface area (Å²) in [5, 5.41) is 0. The summed E-state index contributed by atoms with van der Waals surface area (Å²) in [6.45, 7) is 4.37. The third-order valence-corrected chi connectivity index (χ3v) is 7.36. The van der Waals surface area contributed by atoms with Crippen molar-refractivity contribution in [2.45, 2.75) is 26.7 Å². The molecule has 0 spiro atoms. The Morgan fingerprint density at radius 3 is 1.78 bits per heavy atom. The molecule has 1 heteroatoms. The van der Waals surface area contributed by atoms with E-state index in [2.05, 4.69) is 146 Å². The van der Waals surface area contributed by atoms with Crippen LogP contribution in [0.3, 0.4) is 0 Å². The van der Waals surface area contributed by atoms with Gasteiger partial charge in [0.25, 0.3) is 0 Å². The third-order valence-electron chi connectivity index (χ3n) is 7.36. The van der Waals surface area contributed by atoms with Crippen molar-refractivity contribution in [1.29, 1.82) is 0 Å². The van der Waals surface area contributed by atoms with Crippen LogP contribution in [0, 0.1) is 13.8 Å². The number of hydrogen-bond donors (Lipinski definition) is 0. The van der Waals surface area contributed by atoms with Gasteiger partial charge in [0.2, 0.25) is 0 Å². The molecular weight excluding hydrogens is 446 g/mol. The van der Waals surface area contributed by atoms with Crippen molar-refractivity contribution in [3.05, 3.63) is 160 Å². The summed E-state index contributed by atoms with van der Waals surface area (Å²) in [7, 11) is 0. The molecule has 1 aliphatic carbocycles. The van der Waals surface area contributed by atoms with E-state index in [4.69, 9.17) is 0 Å². The normalized spacial score (nSPS) is 12.3. The van der Waals surface area contributed by atoms with Crippen molar-refractivity contribution in [3.8, 4) is 0 Å². The van der Waals surface area contributed by atoms with E-state index >= 15 is 0 Å². The summed E-state index contributed by atoms with van der Waals surface area (Å²) in [6.07, 6.45) is 4.54. The number of fused-ring (bicyclic) bond motifs is 2. The van der Waals surface area contributed by atoms with Crippen molar-refractivity contribution in [2.75, 3.05) is 4.90 Å². The van der Waals surface area contributed by atoms with Crippen LogP contribution in [0.15, 0.2) is 121 Å². The molecule has 5 aromatic carbocycles. The predicted molar refractivity (Wildman–Crippen MR) is 158 cm³/mol. The largest absolute Gasteiger partial charge is 0.310 e. The summed E-state index contributed by atoms with van der Waals surface area (Å²) >= 11 is 0. The second-order valence-electron chi connectivity index (χ2n) is 9.92. The third kappa shape index (κ3) is 4.61. The molecule has 0 saturated carbocycles. The smallest absolute Gasteiger partial charge is 0.0464 e. The molecular formula is C36H31N. The van der Waals surface area contributed by atoms with Crippen LogP contribution in [0.4, 0.5) is 17.1 Å². The zero-order chi connectivity index (χ0) is 25.2. The van der Waals surface area contributed by atoms with Crippen molar-refractivity contribution < 1.29 is 0 Å². The van der Waals surface area contributed by atoms with Gasteiger partial charge in [0.05, 0.1) is 0 Å². The van der Waals surface area contributed by atoms with Gasteiger partial charge in [-0.2, -0.15) is 0 Å². The molecule has 37 heavy (non-hydrogen) atoms. The highest BCUT2D eigenvalue weighted by Gasteiger charge is 2.18. The minimum atomic E-state index is 1.07. The molecule has 0 amide bonds. The summed E-state index contributed by atoms with van der Waals surface area (Å²) in [5.74, 6) is 0. The van der Waals surface area contributed by atoms with Crippen LogP contribution < -0.4 is 4.90 Å². The second kappa shape index (κ2) is 9.95. The van der Waals surface area contributed by atoms with Crippen LogP contribution in [0.1, 0.15) is 38.9 Å². The van der Waals surface area contributed by atoms with Crippen LogP contribution in [-0.4, -0.2) is 0 Å². The Morgan fingerprint density at radius 1 is 0.541 bits per heavy atom. The van der Waals surface area contributed by atoms with Gasteiger partial charge >= 0.3 is 0 Å². The zero-order valence-corrected chi connectivity index (χ0v) is 21.5. The molecule has 0 heterocycles. The number of rotatable bonds is 4. The fourth-order valence-electron chi connectivity index (χ4n) is 5.48. The van der Waals surface area contributed by atoms with E-state index in [1.807, 2.05) is 0 Å². The summed E-state index contributed by atoms with van der Waals surface area (Å²) in [5.41, 5.74) is 14.1. The molecule has 0 fully saturated rings. The first-order chi connectivity index (χ1) is 18.2. The highest BCUT2D eigenvalue weighted by Crippen LogP contribution is 2.38. The fraction of sp³-hybridized carbons (Fsp3) is 0.111. The molecule has 0 unspecified atom stereocenters. The zero-order valence-electron chi connectivity index (χ0n) is 21.5. The lowest BCUT2D eigenvalue weighted by atomic mass is 9.91. The van der Waals surface area contributed by atoms with E-state index in [1.54, 1.807) is 0 Å². The molecule has 0 aromatic heterocycles. The average Bonchev–Trinajstić information content (AvgIpc) is 3.08. The van der Waals surface area contributed by atoms with E-state index in [9.17, 15) is 0 Å². The Labute approximate surface area is 220 Å². The molecule has 1 nitrogen and oxygen atoms in total. The van der Waals surface area contributed by atoms with Crippen LogP contribution in [-0.2, 0) is 12.8 Å². The van der Waals surface area contributed by atoms with Gasteiger partial charge in [0.15, 0.2) is 0 Å². The number of anilines is 3. The first kappa shape index (κ1) is 23.1. The molecule has 6 rings (SSSR count). The highest BCUT2D eigenvalue weighted by atomic mass is 15.1. The maximum atomic E-state index is 2.39. The first-order valence-corrected chi connectivity index (χ1v) is 13.1. The molecule has 0 bridgehead atoms. The molecule has 180 valence electrons. The maximum Gasteiger partial charge on any atom is 0.0464 e. The lowest BCUT2D eigenvalue weighted by Crippen LogP contribution is -2.10. The lowest BCUT2D eigenvalue weighted by Gasteiger charge is -2.26. The van der Waals surface area contributed by atoms with Crippen molar-refractivity contribution in [3.63, 3.8) is 0 Å². The number of hydrogen-bond acceptors (Lipinski definition) is 1. The number of benzene rings is 5. The Hall–Kier alpha value is -4.36. The van der Waals surface area contributed by atoms with E-state index in [0.717, 1.165) is 24.2 Å². The SMILES string of the molecule is Cc1cccc(N(c2ccccc2)c2ccc(C=C3c4ccccc4CCc4ccccc43)c(C)c2)c1. The van der Waals surface area contributed by atoms with Gasteiger partial charge in [-0.25, -0.2) is 0 Å². The van der Waals surface area contributed by atoms with Gasteiger partial charge in [0, 0.05) is 17.1 Å². The van der Waals surface area contributed by atoms with Crippen molar-refractivity contribution in [2.24, 2.45) is 0 Å². The van der Waals surface area contributed by atoms with Crippen molar-refractivity contribution in [1.82, 2.24) is 0 Å². The van der Waals surface area contributed by atoms with Crippen LogP contribution >= 0.6 is 0 Å². The van der Waals surface area contributed by atoms with E-state index in [1.165, 1.54) is 50.2 Å². The van der Waals surface area contributed by atoms with Gasteiger partial charge < -0.3 is 4.90 Å². The quantitative estimate of drug-likeness (QED) is 0.249. The molecule has 0 N–H and O–H groups in total. The van der Waals surface area contributed by atoms with Crippen LogP contribution in [0.2, 0.25) is 0 Å². The van der Waals surface area contributed by atoms with Crippen molar-refractivity contribution >= 4 is 28.7 Å². The maximum absolute atomic E-state index is 2.39. The number of aryl methyl sites for hydroxylation is 4. The van der Waals surface area contributed by atoms with Gasteiger partial charge in [0.1, 0.15) is 0 Å². The topological polar surface area (TPSA) is 3.24 Å². The van der Waals surface area contributed by atoms with Gasteiger partial charge in [-0.1, -0.05) is 84.9 Å². The van der Waals surface area contributed by atoms with Crippen LogP contribution in [0.25, 0.3) is 11.6 Å². The minimum absolute atomic E-state index is 1.07. The molecule has 0 aliphatic heterocycles. The van der Waals surface area contributed by atoms with Gasteiger partial charge in [-0.15, -0.1) is 0 Å². The molecule has 0 atom stereocenters. The molecule has 5 aromatic rings. The molecule has 1 aliphatic rings. The Bertz CT molecular complexity index is 1540. The Kier molecular flexibility index (Phi) is 6.20.